The molecule has 1 aliphatic carbocycles. The Morgan fingerprint density at radius 1 is 1.38 bits per heavy atom. The van der Waals surface area contributed by atoms with Gasteiger partial charge in [0.25, 0.3) is 0 Å². The normalized spacial score (nSPS) is 17.2. The summed E-state index contributed by atoms with van der Waals surface area (Å²) in [7, 11) is 0. The van der Waals surface area contributed by atoms with E-state index in [9.17, 15) is 4.79 Å². The Morgan fingerprint density at radius 3 is 3.00 bits per heavy atom. The molecule has 1 aromatic rings. The van der Waals surface area contributed by atoms with Crippen molar-refractivity contribution in [2.45, 2.75) is 32.3 Å². The number of rotatable bonds is 4. The molecule has 0 bridgehead atoms. The molecule has 0 aromatic heterocycles. The molecule has 0 heterocycles. The smallest absolute Gasteiger partial charge is 0.306 e. The van der Waals surface area contributed by atoms with E-state index >= 15 is 0 Å². The first-order chi connectivity index (χ1) is 7.81. The SMILES string of the molecule is CCCCC(=O)OC1C=Cc2ccccc21. The Morgan fingerprint density at radius 2 is 2.19 bits per heavy atom. The van der Waals surface area contributed by atoms with Crippen LogP contribution in [-0.4, -0.2) is 5.97 Å². The minimum absolute atomic E-state index is 0.104. The quantitative estimate of drug-likeness (QED) is 0.720. The Labute approximate surface area is 95.9 Å². The van der Waals surface area contributed by atoms with Gasteiger partial charge in [0.15, 0.2) is 0 Å². The zero-order chi connectivity index (χ0) is 11.4. The van der Waals surface area contributed by atoms with Gasteiger partial charge < -0.3 is 4.74 Å². The monoisotopic (exact) mass is 216 g/mol. The van der Waals surface area contributed by atoms with Crippen LogP contribution in [0.15, 0.2) is 30.3 Å². The van der Waals surface area contributed by atoms with Crippen LogP contribution in [0, 0.1) is 0 Å². The molecule has 0 saturated heterocycles. The number of unbranched alkanes of at least 4 members (excludes halogenated alkanes) is 1. The maximum absolute atomic E-state index is 11.5. The van der Waals surface area contributed by atoms with E-state index in [2.05, 4.69) is 6.92 Å². The first-order valence-electron chi connectivity index (χ1n) is 5.78. The summed E-state index contributed by atoms with van der Waals surface area (Å²) in [6, 6.07) is 8.00. The van der Waals surface area contributed by atoms with E-state index in [0.717, 1.165) is 24.0 Å². The molecule has 1 atom stereocenters. The molecular formula is C14H16O2. The fourth-order valence-electron chi connectivity index (χ4n) is 1.84. The van der Waals surface area contributed by atoms with Gasteiger partial charge in [0.1, 0.15) is 6.10 Å². The third-order valence-electron chi connectivity index (χ3n) is 2.75. The van der Waals surface area contributed by atoms with Crippen molar-refractivity contribution >= 4 is 12.0 Å². The Hall–Kier alpha value is -1.57. The van der Waals surface area contributed by atoms with Gasteiger partial charge in [0, 0.05) is 12.0 Å². The number of ether oxygens (including phenoxy) is 1. The maximum atomic E-state index is 11.5. The van der Waals surface area contributed by atoms with Crippen molar-refractivity contribution in [3.05, 3.63) is 41.5 Å². The number of hydrogen-bond donors (Lipinski definition) is 0. The van der Waals surface area contributed by atoms with Gasteiger partial charge in [-0.05, 0) is 18.1 Å². The van der Waals surface area contributed by atoms with Gasteiger partial charge in [-0.1, -0.05) is 43.7 Å². The second-order valence-electron chi connectivity index (χ2n) is 4.00. The zero-order valence-corrected chi connectivity index (χ0v) is 9.48. The molecule has 0 N–H and O–H groups in total. The van der Waals surface area contributed by atoms with E-state index in [1.807, 2.05) is 36.4 Å². The molecule has 1 unspecified atom stereocenters. The predicted molar refractivity (Wildman–Crippen MR) is 63.8 cm³/mol. The number of carbonyl (C=O) groups is 1. The highest BCUT2D eigenvalue weighted by Crippen LogP contribution is 2.30. The number of hydrogen-bond acceptors (Lipinski definition) is 2. The van der Waals surface area contributed by atoms with Crippen LogP contribution in [0.5, 0.6) is 0 Å². The largest absolute Gasteiger partial charge is 0.453 e. The molecule has 2 nitrogen and oxygen atoms in total. The van der Waals surface area contributed by atoms with Crippen LogP contribution in [0.1, 0.15) is 43.4 Å². The zero-order valence-electron chi connectivity index (χ0n) is 9.48. The average molecular weight is 216 g/mol. The van der Waals surface area contributed by atoms with Crippen LogP contribution in [-0.2, 0) is 9.53 Å². The molecule has 2 heteroatoms. The van der Waals surface area contributed by atoms with E-state index in [-0.39, 0.29) is 12.1 Å². The summed E-state index contributed by atoms with van der Waals surface area (Å²) in [5.41, 5.74) is 2.24. The molecule has 1 aromatic carbocycles. The highest BCUT2D eigenvalue weighted by molar-refractivity contribution is 5.71. The minimum atomic E-state index is -0.180. The molecule has 0 saturated carbocycles. The summed E-state index contributed by atoms with van der Waals surface area (Å²) in [5.74, 6) is -0.104. The van der Waals surface area contributed by atoms with E-state index in [4.69, 9.17) is 4.74 Å². The molecular weight excluding hydrogens is 200 g/mol. The van der Waals surface area contributed by atoms with Gasteiger partial charge in [-0.25, -0.2) is 0 Å². The van der Waals surface area contributed by atoms with Gasteiger partial charge in [-0.15, -0.1) is 0 Å². The van der Waals surface area contributed by atoms with Crippen molar-refractivity contribution in [1.82, 2.24) is 0 Å². The van der Waals surface area contributed by atoms with E-state index < -0.39 is 0 Å². The topological polar surface area (TPSA) is 26.3 Å². The van der Waals surface area contributed by atoms with Crippen molar-refractivity contribution in [2.24, 2.45) is 0 Å². The van der Waals surface area contributed by atoms with Gasteiger partial charge in [-0.3, -0.25) is 4.79 Å². The van der Waals surface area contributed by atoms with Crippen molar-refractivity contribution in [2.75, 3.05) is 0 Å². The number of fused-ring (bicyclic) bond motifs is 1. The van der Waals surface area contributed by atoms with E-state index in [0.29, 0.717) is 6.42 Å². The minimum Gasteiger partial charge on any atom is -0.453 e. The summed E-state index contributed by atoms with van der Waals surface area (Å²) >= 11 is 0. The number of carbonyl (C=O) groups excluding carboxylic acids is 1. The highest BCUT2D eigenvalue weighted by atomic mass is 16.5. The van der Waals surface area contributed by atoms with Gasteiger partial charge >= 0.3 is 5.97 Å². The summed E-state index contributed by atoms with van der Waals surface area (Å²) in [5, 5.41) is 0. The molecule has 1 aliphatic rings. The summed E-state index contributed by atoms with van der Waals surface area (Å²) in [6.45, 7) is 2.07. The third kappa shape index (κ3) is 2.32. The molecule has 0 spiro atoms. The highest BCUT2D eigenvalue weighted by Gasteiger charge is 2.19. The van der Waals surface area contributed by atoms with Crippen molar-refractivity contribution in [3.8, 4) is 0 Å². The summed E-state index contributed by atoms with van der Waals surface area (Å²) < 4.78 is 5.41. The number of esters is 1. The predicted octanol–water partition coefficient (Wildman–Crippen LogP) is 3.49. The first kappa shape index (κ1) is 10.9. The lowest BCUT2D eigenvalue weighted by Crippen LogP contribution is -2.08. The molecule has 0 fully saturated rings. The summed E-state index contributed by atoms with van der Waals surface area (Å²) in [4.78, 5) is 11.5. The van der Waals surface area contributed by atoms with E-state index in [1.165, 1.54) is 0 Å². The first-order valence-corrected chi connectivity index (χ1v) is 5.78. The standard InChI is InChI=1S/C14H16O2/c1-2-3-8-14(15)16-13-10-9-11-6-4-5-7-12(11)13/h4-7,9-10,13H,2-3,8H2,1H3. The fraction of sp³-hybridized carbons (Fsp3) is 0.357. The fourth-order valence-corrected chi connectivity index (χ4v) is 1.84. The molecule has 84 valence electrons. The lowest BCUT2D eigenvalue weighted by molar-refractivity contribution is -0.147. The van der Waals surface area contributed by atoms with Gasteiger partial charge in [0.05, 0.1) is 0 Å². The van der Waals surface area contributed by atoms with Crippen LogP contribution in [0.2, 0.25) is 0 Å². The van der Waals surface area contributed by atoms with Crippen molar-refractivity contribution < 1.29 is 9.53 Å². The van der Waals surface area contributed by atoms with Crippen LogP contribution in [0.4, 0.5) is 0 Å². The molecule has 0 aliphatic heterocycles. The third-order valence-corrected chi connectivity index (χ3v) is 2.75. The Balaban J connectivity index is 1.98. The van der Waals surface area contributed by atoms with Gasteiger partial charge in [-0.2, -0.15) is 0 Å². The lowest BCUT2D eigenvalue weighted by Gasteiger charge is -2.12. The molecule has 0 radical (unpaired) electrons. The number of benzene rings is 1. The summed E-state index contributed by atoms with van der Waals surface area (Å²) in [6.07, 6.45) is 6.20. The van der Waals surface area contributed by atoms with E-state index in [1.54, 1.807) is 0 Å². The maximum Gasteiger partial charge on any atom is 0.306 e. The van der Waals surface area contributed by atoms with Crippen LogP contribution >= 0.6 is 0 Å². The van der Waals surface area contributed by atoms with Crippen LogP contribution < -0.4 is 0 Å². The second kappa shape index (κ2) is 4.97. The Bertz CT molecular complexity index is 407. The van der Waals surface area contributed by atoms with Crippen molar-refractivity contribution in [3.63, 3.8) is 0 Å². The molecule has 16 heavy (non-hydrogen) atoms. The van der Waals surface area contributed by atoms with Crippen molar-refractivity contribution in [1.29, 1.82) is 0 Å². The van der Waals surface area contributed by atoms with Gasteiger partial charge in [0.2, 0.25) is 0 Å². The second-order valence-corrected chi connectivity index (χ2v) is 4.00. The average Bonchev–Trinajstić information content (AvgIpc) is 2.70. The van der Waals surface area contributed by atoms with Crippen LogP contribution in [0.25, 0.3) is 6.08 Å². The molecule has 2 rings (SSSR count). The Kier molecular flexibility index (Phi) is 3.40. The lowest BCUT2D eigenvalue weighted by atomic mass is 10.1. The molecule has 0 amide bonds. The van der Waals surface area contributed by atoms with Crippen LogP contribution in [0.3, 0.4) is 0 Å².